The molecule has 1 aromatic heterocycles. The summed E-state index contributed by atoms with van der Waals surface area (Å²) in [5.74, 6) is 1.99. The van der Waals surface area contributed by atoms with E-state index in [9.17, 15) is 13.6 Å². The summed E-state index contributed by atoms with van der Waals surface area (Å²) >= 11 is 0. The molecule has 4 aliphatic rings. The summed E-state index contributed by atoms with van der Waals surface area (Å²) < 4.78 is 25.8. The molecule has 0 N–H and O–H groups in total. The Labute approximate surface area is 128 Å². The Morgan fingerprint density at radius 1 is 1.27 bits per heavy atom. The highest BCUT2D eigenvalue weighted by atomic mass is 19.3. The average Bonchev–Trinajstić information content (AvgIpc) is 2.94. The van der Waals surface area contributed by atoms with Crippen molar-refractivity contribution in [2.75, 3.05) is 7.05 Å². The van der Waals surface area contributed by atoms with Gasteiger partial charge in [0.05, 0.1) is 0 Å². The lowest BCUT2D eigenvalue weighted by Gasteiger charge is -2.59. The SMILES string of the molecule is CN(C(=O)c1ccn(C(F)F)n1)C12CC3CC(CC(C3)C1)C2. The van der Waals surface area contributed by atoms with E-state index in [0.29, 0.717) is 4.68 Å². The van der Waals surface area contributed by atoms with Crippen LogP contribution in [0.1, 0.15) is 55.6 Å². The fourth-order valence-electron chi connectivity index (χ4n) is 5.42. The lowest BCUT2D eigenvalue weighted by atomic mass is 9.52. The number of alkyl halides is 2. The standard InChI is InChI=1S/C16H21F2N3O/c1-20(14(22)13-2-3-21(19-13)15(17)18)16-7-10-4-11(8-16)6-12(5-10)9-16/h2-3,10-12,15H,4-9H2,1H3. The lowest BCUT2D eigenvalue weighted by molar-refractivity contribution is -0.0667. The first kappa shape index (κ1) is 14.2. The number of hydrogen-bond acceptors (Lipinski definition) is 2. The van der Waals surface area contributed by atoms with Gasteiger partial charge in [0.1, 0.15) is 0 Å². The summed E-state index contributed by atoms with van der Waals surface area (Å²) in [6.45, 7) is -2.70. The molecule has 0 spiro atoms. The van der Waals surface area contributed by atoms with Gasteiger partial charge in [-0.3, -0.25) is 4.79 Å². The van der Waals surface area contributed by atoms with Gasteiger partial charge in [-0.05, 0) is 62.3 Å². The quantitative estimate of drug-likeness (QED) is 0.859. The topological polar surface area (TPSA) is 38.1 Å². The zero-order chi connectivity index (χ0) is 15.5. The lowest BCUT2D eigenvalue weighted by Crippen LogP contribution is -2.60. The van der Waals surface area contributed by atoms with Gasteiger partial charge in [-0.1, -0.05) is 0 Å². The van der Waals surface area contributed by atoms with Crippen molar-refractivity contribution in [1.29, 1.82) is 0 Å². The third-order valence-corrected chi connectivity index (χ3v) is 6.05. The monoisotopic (exact) mass is 309 g/mol. The first-order valence-corrected chi connectivity index (χ1v) is 8.08. The Morgan fingerprint density at radius 3 is 2.27 bits per heavy atom. The Morgan fingerprint density at radius 2 is 1.82 bits per heavy atom. The minimum absolute atomic E-state index is 0.0690. The van der Waals surface area contributed by atoms with E-state index < -0.39 is 6.55 Å². The Kier molecular flexibility index (Phi) is 3.07. The zero-order valence-corrected chi connectivity index (χ0v) is 12.7. The fourth-order valence-corrected chi connectivity index (χ4v) is 5.42. The van der Waals surface area contributed by atoms with E-state index in [2.05, 4.69) is 5.10 Å². The van der Waals surface area contributed by atoms with Crippen LogP contribution in [0, 0.1) is 17.8 Å². The maximum atomic E-state index is 12.7. The van der Waals surface area contributed by atoms with Crippen LogP contribution in [0.2, 0.25) is 0 Å². The highest BCUT2D eigenvalue weighted by Gasteiger charge is 2.53. The van der Waals surface area contributed by atoms with Crippen molar-refractivity contribution in [3.63, 3.8) is 0 Å². The first-order valence-electron chi connectivity index (χ1n) is 8.08. The smallest absolute Gasteiger partial charge is 0.333 e. The van der Waals surface area contributed by atoms with E-state index in [4.69, 9.17) is 0 Å². The van der Waals surface area contributed by atoms with Crippen LogP contribution in [0.5, 0.6) is 0 Å². The maximum absolute atomic E-state index is 12.7. The van der Waals surface area contributed by atoms with Crippen molar-refractivity contribution in [3.05, 3.63) is 18.0 Å². The number of nitrogens with zero attached hydrogens (tertiary/aromatic N) is 3. The number of rotatable bonds is 3. The molecule has 5 rings (SSSR count). The van der Waals surface area contributed by atoms with Crippen molar-refractivity contribution in [1.82, 2.24) is 14.7 Å². The number of hydrogen-bond donors (Lipinski definition) is 0. The largest absolute Gasteiger partial charge is 0.335 e. The van der Waals surface area contributed by atoms with Crippen LogP contribution in [0.3, 0.4) is 0 Å². The summed E-state index contributed by atoms with van der Waals surface area (Å²) in [4.78, 5) is 14.5. The van der Waals surface area contributed by atoms with E-state index in [1.807, 2.05) is 11.9 Å². The molecule has 4 nitrogen and oxygen atoms in total. The van der Waals surface area contributed by atoms with Gasteiger partial charge in [-0.25, -0.2) is 4.68 Å². The summed E-state index contributed by atoms with van der Waals surface area (Å²) in [5.41, 5.74) is 0.0546. The van der Waals surface area contributed by atoms with Crippen LogP contribution in [-0.4, -0.2) is 33.2 Å². The van der Waals surface area contributed by atoms with Crippen molar-refractivity contribution < 1.29 is 13.6 Å². The molecule has 0 saturated heterocycles. The molecule has 6 heteroatoms. The molecule has 1 aromatic rings. The third-order valence-electron chi connectivity index (χ3n) is 6.05. The Hall–Kier alpha value is -1.46. The molecular weight excluding hydrogens is 288 g/mol. The number of amides is 1. The molecule has 4 bridgehead atoms. The van der Waals surface area contributed by atoms with Gasteiger partial charge in [0.15, 0.2) is 5.69 Å². The first-order chi connectivity index (χ1) is 10.5. The van der Waals surface area contributed by atoms with Crippen molar-refractivity contribution >= 4 is 5.91 Å². The molecule has 4 saturated carbocycles. The van der Waals surface area contributed by atoms with E-state index in [0.717, 1.165) is 37.0 Å². The van der Waals surface area contributed by atoms with Crippen LogP contribution >= 0.6 is 0 Å². The number of carbonyl (C=O) groups excluding carboxylic acids is 1. The minimum Gasteiger partial charge on any atom is -0.335 e. The van der Waals surface area contributed by atoms with Crippen LogP contribution in [0.25, 0.3) is 0 Å². The summed E-state index contributed by atoms with van der Waals surface area (Å²) in [6.07, 6.45) is 8.29. The highest BCUT2D eigenvalue weighted by molar-refractivity contribution is 5.92. The molecule has 0 aromatic carbocycles. The Bertz CT molecular complexity index is 563. The summed E-state index contributed by atoms with van der Waals surface area (Å²) in [5, 5.41) is 3.73. The highest BCUT2D eigenvalue weighted by Crippen LogP contribution is 2.57. The van der Waals surface area contributed by atoms with Gasteiger partial charge in [-0.15, -0.1) is 0 Å². The van der Waals surface area contributed by atoms with E-state index in [1.165, 1.54) is 31.5 Å². The zero-order valence-electron chi connectivity index (χ0n) is 12.7. The van der Waals surface area contributed by atoms with Gasteiger partial charge in [0.25, 0.3) is 5.91 Å². The molecule has 0 aliphatic heterocycles. The number of halogens is 2. The van der Waals surface area contributed by atoms with Crippen LogP contribution in [-0.2, 0) is 0 Å². The number of aromatic nitrogens is 2. The molecule has 0 radical (unpaired) electrons. The van der Waals surface area contributed by atoms with Crippen molar-refractivity contribution in [2.45, 2.75) is 50.6 Å². The Balaban J connectivity index is 1.58. The van der Waals surface area contributed by atoms with Gasteiger partial charge < -0.3 is 4.90 Å². The maximum Gasteiger partial charge on any atom is 0.333 e. The van der Waals surface area contributed by atoms with Gasteiger partial charge in [-0.2, -0.15) is 13.9 Å². The predicted molar refractivity (Wildman–Crippen MR) is 76.5 cm³/mol. The van der Waals surface area contributed by atoms with Gasteiger partial charge in [0, 0.05) is 18.8 Å². The molecule has 22 heavy (non-hydrogen) atoms. The van der Waals surface area contributed by atoms with Crippen LogP contribution < -0.4 is 0 Å². The molecule has 0 atom stereocenters. The van der Waals surface area contributed by atoms with Crippen molar-refractivity contribution in [3.8, 4) is 0 Å². The predicted octanol–water partition coefficient (Wildman–Crippen LogP) is 3.32. The summed E-state index contributed by atoms with van der Waals surface area (Å²) in [6, 6.07) is 1.39. The third kappa shape index (κ3) is 2.07. The minimum atomic E-state index is -2.70. The van der Waals surface area contributed by atoms with Crippen LogP contribution in [0.15, 0.2) is 12.3 Å². The van der Waals surface area contributed by atoms with Gasteiger partial charge in [0.2, 0.25) is 0 Å². The molecular formula is C16H21F2N3O. The molecule has 1 amide bonds. The number of carbonyl (C=O) groups is 1. The second-order valence-electron chi connectivity index (χ2n) is 7.46. The fraction of sp³-hybridized carbons (Fsp3) is 0.750. The molecule has 4 aliphatic carbocycles. The molecule has 120 valence electrons. The summed E-state index contributed by atoms with van der Waals surface area (Å²) in [7, 11) is 1.83. The van der Waals surface area contributed by atoms with Gasteiger partial charge >= 0.3 is 6.55 Å². The average molecular weight is 309 g/mol. The second kappa shape index (κ2) is 4.77. The van der Waals surface area contributed by atoms with E-state index in [1.54, 1.807) is 0 Å². The molecule has 1 heterocycles. The van der Waals surface area contributed by atoms with Crippen molar-refractivity contribution in [2.24, 2.45) is 17.8 Å². The molecule has 0 unspecified atom stereocenters. The second-order valence-corrected chi connectivity index (χ2v) is 7.46. The van der Waals surface area contributed by atoms with E-state index in [-0.39, 0.29) is 17.1 Å². The van der Waals surface area contributed by atoms with Crippen LogP contribution in [0.4, 0.5) is 8.78 Å². The normalized spacial score (nSPS) is 36.1. The molecule has 4 fully saturated rings. The van der Waals surface area contributed by atoms with E-state index >= 15 is 0 Å².